The Hall–Kier alpha value is -4.08. The van der Waals surface area contributed by atoms with E-state index in [0.717, 1.165) is 12.8 Å². The van der Waals surface area contributed by atoms with Crippen molar-refractivity contribution >= 4 is 37.0 Å². The number of nitrogen functional groups attached to an aromatic ring is 1. The van der Waals surface area contributed by atoms with Crippen molar-refractivity contribution in [3.63, 3.8) is 0 Å². The van der Waals surface area contributed by atoms with Gasteiger partial charge < -0.3 is 33.9 Å². The Morgan fingerprint density at radius 1 is 1.00 bits per heavy atom. The molecule has 5 rings (SSSR count). The second kappa shape index (κ2) is 16.7. The lowest BCUT2D eigenvalue weighted by molar-refractivity contribution is -0.175. The van der Waals surface area contributed by atoms with Gasteiger partial charge in [0.25, 0.3) is 0 Å². The van der Waals surface area contributed by atoms with Crippen LogP contribution in [0.4, 0.5) is 5.82 Å². The lowest BCUT2D eigenvalue weighted by Crippen LogP contribution is -2.49. The monoisotopic (exact) mass is 745 g/mol. The predicted octanol–water partition coefficient (Wildman–Crippen LogP) is 4.43. The molecule has 0 saturated carbocycles. The van der Waals surface area contributed by atoms with Crippen LogP contribution in [0.25, 0.3) is 5.52 Å². The summed E-state index contributed by atoms with van der Waals surface area (Å²) in [5, 5.41) is 7.03. The summed E-state index contributed by atoms with van der Waals surface area (Å²) < 4.78 is 57.6. The third kappa shape index (κ3) is 9.28. The van der Waals surface area contributed by atoms with Crippen LogP contribution in [0.15, 0.2) is 48.8 Å². The van der Waals surface area contributed by atoms with Gasteiger partial charge >= 0.3 is 25.7 Å². The first kappa shape index (κ1) is 39.1. The summed E-state index contributed by atoms with van der Waals surface area (Å²) in [5.41, 5.74) is 5.39. The number of carbonyl (C=O) groups excluding carboxylic acids is 3. The smallest absolute Gasteiger partial charge is 0.459 e. The number of esters is 3. The van der Waals surface area contributed by atoms with Crippen LogP contribution >= 0.6 is 7.75 Å². The number of nitrogens with two attached hydrogens (primary N) is 1. The first-order chi connectivity index (χ1) is 24.7. The zero-order valence-corrected chi connectivity index (χ0v) is 31.2. The number of para-hydroxylation sites is 1. The SMILES string of the molecule is CC(C)C(=O)O[C@H]1[C@H](c2ccc3c(N)ncnn23)O[C@](C)(COP(=O)(N[C@@H](C)C(=O)OCC2CCOCC2)Oc2ccccc2)[C@H]1OC(=O)C(C)C. The van der Waals surface area contributed by atoms with Crippen LogP contribution in [0, 0.1) is 17.8 Å². The van der Waals surface area contributed by atoms with E-state index in [4.69, 9.17) is 38.5 Å². The molecule has 6 atom stereocenters. The molecule has 0 bridgehead atoms. The molecule has 17 heteroatoms. The summed E-state index contributed by atoms with van der Waals surface area (Å²) in [6.45, 7) is 10.6. The third-order valence-electron chi connectivity index (χ3n) is 8.83. The minimum Gasteiger partial charge on any atom is -0.464 e. The van der Waals surface area contributed by atoms with Gasteiger partial charge in [0, 0.05) is 13.2 Å². The molecule has 2 aromatic heterocycles. The highest BCUT2D eigenvalue weighted by atomic mass is 31.2. The van der Waals surface area contributed by atoms with Gasteiger partial charge in [0.15, 0.2) is 18.0 Å². The molecular formula is C35H48N5O11P. The average Bonchev–Trinajstić information content (AvgIpc) is 3.66. The standard InChI is InChI=1S/C35H48N5O11P/c1-21(2)32(41)48-29-28(26-12-13-27-31(36)37-20-38-40(26)27)50-35(6,30(29)49-33(42)22(3)4)19-47-52(44,51-25-10-8-7-9-11-25)39-23(5)34(43)46-18-24-14-16-45-17-15-24/h7-13,20-24,28-30H,14-19H2,1-6H3,(H,39,44)(H2,36,37,38)/t23-,28-,29-,30-,35+,52?/m0/s1. The topological polar surface area (TPSA) is 201 Å². The van der Waals surface area contributed by atoms with Crippen LogP contribution in [0.2, 0.25) is 0 Å². The van der Waals surface area contributed by atoms with Crippen LogP contribution in [0.1, 0.15) is 66.2 Å². The highest BCUT2D eigenvalue weighted by Crippen LogP contribution is 2.50. The molecule has 3 aromatic rings. The zero-order chi connectivity index (χ0) is 37.6. The Bertz CT molecular complexity index is 1750. The number of benzene rings is 1. The fourth-order valence-corrected chi connectivity index (χ4v) is 7.35. The third-order valence-corrected chi connectivity index (χ3v) is 10.5. The van der Waals surface area contributed by atoms with Gasteiger partial charge in [-0.3, -0.25) is 18.9 Å². The summed E-state index contributed by atoms with van der Waals surface area (Å²) in [6.07, 6.45) is -0.744. The number of nitrogens with zero attached hydrogens (tertiary/aromatic N) is 3. The van der Waals surface area contributed by atoms with Gasteiger partial charge in [-0.15, -0.1) is 0 Å². The van der Waals surface area contributed by atoms with E-state index in [1.807, 2.05) is 0 Å². The van der Waals surface area contributed by atoms with Crippen molar-refractivity contribution in [3.05, 3.63) is 54.5 Å². The molecule has 52 heavy (non-hydrogen) atoms. The maximum atomic E-state index is 14.5. The minimum atomic E-state index is -4.41. The number of hydrogen-bond donors (Lipinski definition) is 2. The van der Waals surface area contributed by atoms with Crippen molar-refractivity contribution < 1.29 is 51.7 Å². The highest BCUT2D eigenvalue weighted by molar-refractivity contribution is 7.52. The predicted molar refractivity (Wildman–Crippen MR) is 187 cm³/mol. The number of ether oxygens (including phenoxy) is 5. The Morgan fingerprint density at radius 3 is 2.35 bits per heavy atom. The first-order valence-electron chi connectivity index (χ1n) is 17.4. The molecule has 1 unspecified atom stereocenters. The summed E-state index contributed by atoms with van der Waals surface area (Å²) in [5.74, 6) is -2.36. The molecular weight excluding hydrogens is 697 g/mol. The molecule has 284 valence electrons. The van der Waals surface area contributed by atoms with Gasteiger partial charge in [-0.05, 0) is 56.9 Å². The molecule has 0 amide bonds. The van der Waals surface area contributed by atoms with Crippen LogP contribution < -0.4 is 15.3 Å². The lowest BCUT2D eigenvalue weighted by Gasteiger charge is -2.33. The van der Waals surface area contributed by atoms with Crippen LogP contribution in [0.3, 0.4) is 0 Å². The van der Waals surface area contributed by atoms with Crippen molar-refractivity contribution in [1.29, 1.82) is 0 Å². The van der Waals surface area contributed by atoms with Gasteiger partial charge in [0.2, 0.25) is 0 Å². The molecule has 16 nitrogen and oxygen atoms in total. The molecule has 3 N–H and O–H groups in total. The van der Waals surface area contributed by atoms with E-state index >= 15 is 0 Å². The molecule has 2 aliphatic rings. The number of hydrogen-bond acceptors (Lipinski definition) is 14. The lowest BCUT2D eigenvalue weighted by atomic mass is 9.95. The number of fused-ring (bicyclic) bond motifs is 1. The van der Waals surface area contributed by atoms with E-state index < -0.39 is 74.1 Å². The summed E-state index contributed by atoms with van der Waals surface area (Å²) in [7, 11) is -4.41. The van der Waals surface area contributed by atoms with Crippen molar-refractivity contribution in [2.75, 3.05) is 32.2 Å². The summed E-state index contributed by atoms with van der Waals surface area (Å²) in [4.78, 5) is 43.5. The van der Waals surface area contributed by atoms with Crippen LogP contribution in [-0.2, 0) is 47.2 Å². The Kier molecular flexibility index (Phi) is 12.6. The number of rotatable bonds is 15. The van der Waals surface area contributed by atoms with E-state index in [1.54, 1.807) is 77.1 Å². The molecule has 2 aliphatic heterocycles. The van der Waals surface area contributed by atoms with Crippen LogP contribution in [-0.4, -0.2) is 82.8 Å². The fraction of sp³-hybridized carbons (Fsp3) is 0.571. The van der Waals surface area contributed by atoms with Gasteiger partial charge in [-0.2, -0.15) is 10.2 Å². The molecule has 0 aliphatic carbocycles. The van der Waals surface area contributed by atoms with Gasteiger partial charge in [-0.25, -0.2) is 14.1 Å². The summed E-state index contributed by atoms with van der Waals surface area (Å²) in [6, 6.07) is 10.5. The van der Waals surface area contributed by atoms with Crippen molar-refractivity contribution in [1.82, 2.24) is 19.7 Å². The number of aromatic nitrogens is 3. The van der Waals surface area contributed by atoms with Crippen molar-refractivity contribution in [2.45, 2.75) is 84.3 Å². The van der Waals surface area contributed by atoms with Gasteiger partial charge in [-0.1, -0.05) is 45.9 Å². The van der Waals surface area contributed by atoms with Crippen molar-refractivity contribution in [2.24, 2.45) is 17.8 Å². The fourth-order valence-electron chi connectivity index (χ4n) is 5.76. The first-order valence-corrected chi connectivity index (χ1v) is 18.9. The molecule has 2 saturated heterocycles. The zero-order valence-electron chi connectivity index (χ0n) is 30.3. The molecule has 1 aromatic carbocycles. The van der Waals surface area contributed by atoms with Gasteiger partial charge in [0.1, 0.15) is 35.3 Å². The minimum absolute atomic E-state index is 0.157. The largest absolute Gasteiger partial charge is 0.464 e. The molecule has 4 heterocycles. The number of nitrogens with one attached hydrogen (secondary N) is 1. The molecule has 0 radical (unpaired) electrons. The van der Waals surface area contributed by atoms with E-state index in [2.05, 4.69) is 15.2 Å². The second-order valence-electron chi connectivity index (χ2n) is 13.8. The second-order valence-corrected chi connectivity index (χ2v) is 15.5. The average molecular weight is 746 g/mol. The van der Waals surface area contributed by atoms with Crippen LogP contribution in [0.5, 0.6) is 5.75 Å². The van der Waals surface area contributed by atoms with E-state index in [-0.39, 0.29) is 24.1 Å². The maximum absolute atomic E-state index is 14.5. The normalized spacial score (nSPS) is 24.0. The highest BCUT2D eigenvalue weighted by Gasteiger charge is 2.59. The Balaban J connectivity index is 1.46. The number of anilines is 1. The van der Waals surface area contributed by atoms with E-state index in [0.29, 0.717) is 24.4 Å². The molecule has 2 fully saturated rings. The van der Waals surface area contributed by atoms with Gasteiger partial charge in [0.05, 0.1) is 30.7 Å². The quantitative estimate of drug-likeness (QED) is 0.126. The Morgan fingerprint density at radius 2 is 1.67 bits per heavy atom. The maximum Gasteiger partial charge on any atom is 0.459 e. The van der Waals surface area contributed by atoms with Crippen molar-refractivity contribution in [3.8, 4) is 5.75 Å². The molecule has 0 spiro atoms. The summed E-state index contributed by atoms with van der Waals surface area (Å²) >= 11 is 0. The Labute approximate surface area is 302 Å². The van der Waals surface area contributed by atoms with E-state index in [1.165, 1.54) is 17.8 Å². The van der Waals surface area contributed by atoms with E-state index in [9.17, 15) is 18.9 Å². The number of carbonyl (C=O) groups is 3.